The number of carbonyl (C=O) groups is 2. The van der Waals surface area contributed by atoms with Crippen LogP contribution in [0.5, 0.6) is 0 Å². The van der Waals surface area contributed by atoms with Gasteiger partial charge in [0.15, 0.2) is 9.84 Å². The van der Waals surface area contributed by atoms with Gasteiger partial charge in [-0.05, 0) is 30.2 Å². The summed E-state index contributed by atoms with van der Waals surface area (Å²) < 4.78 is 28.4. The minimum Gasteiger partial charge on any atom is -0.478 e. The minimum atomic E-state index is -3.37. The smallest absolute Gasteiger partial charge is 0.335 e. The van der Waals surface area contributed by atoms with Crippen molar-refractivity contribution in [2.45, 2.75) is 17.7 Å². The maximum atomic E-state index is 12.4. The molecule has 1 unspecified atom stereocenters. The molecule has 0 spiro atoms. The molecule has 0 amide bonds. The van der Waals surface area contributed by atoms with E-state index >= 15 is 0 Å². The van der Waals surface area contributed by atoms with E-state index in [0.717, 1.165) is 12.3 Å². The molecule has 1 N–H and O–H groups in total. The molecule has 27 heavy (non-hydrogen) atoms. The predicted molar refractivity (Wildman–Crippen MR) is 100 cm³/mol. The number of ether oxygens (including phenoxy) is 1. The molecule has 0 aliphatic heterocycles. The number of aliphatic carboxylic acids is 1. The Hall–Kier alpha value is -2.93. The Morgan fingerprint density at radius 3 is 2.07 bits per heavy atom. The highest BCUT2D eigenvalue weighted by atomic mass is 32.2. The van der Waals surface area contributed by atoms with Crippen LogP contribution in [-0.2, 0) is 24.2 Å². The van der Waals surface area contributed by atoms with Crippen molar-refractivity contribution in [1.82, 2.24) is 0 Å². The molecule has 0 aliphatic carbocycles. The number of benzene rings is 2. The molecule has 2 aromatic rings. The van der Waals surface area contributed by atoms with Crippen molar-refractivity contribution < 1.29 is 27.9 Å². The van der Waals surface area contributed by atoms with Crippen LogP contribution in [0.2, 0.25) is 0 Å². The fraction of sp³-hybridized carbons (Fsp3) is 0.200. The topological polar surface area (TPSA) is 97.7 Å². The molecule has 2 aromatic carbocycles. The van der Waals surface area contributed by atoms with Gasteiger partial charge >= 0.3 is 11.9 Å². The van der Waals surface area contributed by atoms with Crippen LogP contribution in [0.1, 0.15) is 24.0 Å². The van der Waals surface area contributed by atoms with Crippen LogP contribution < -0.4 is 0 Å². The first-order valence-electron chi connectivity index (χ1n) is 8.20. The van der Waals surface area contributed by atoms with E-state index in [2.05, 4.69) is 0 Å². The summed E-state index contributed by atoms with van der Waals surface area (Å²) in [5.41, 5.74) is 1.22. The number of carboxylic acids is 1. The van der Waals surface area contributed by atoms with E-state index in [9.17, 15) is 23.1 Å². The van der Waals surface area contributed by atoms with E-state index in [1.165, 1.54) is 12.1 Å². The van der Waals surface area contributed by atoms with Crippen LogP contribution in [0, 0.1) is 0 Å². The van der Waals surface area contributed by atoms with E-state index < -0.39 is 27.7 Å². The highest BCUT2D eigenvalue weighted by molar-refractivity contribution is 7.90. The molecule has 2 rings (SSSR count). The van der Waals surface area contributed by atoms with Crippen molar-refractivity contribution >= 4 is 21.8 Å². The summed E-state index contributed by atoms with van der Waals surface area (Å²) in [5, 5.41) is 9.23. The number of hydrogen-bond donors (Lipinski definition) is 1. The van der Waals surface area contributed by atoms with Gasteiger partial charge in [-0.1, -0.05) is 42.5 Å². The van der Waals surface area contributed by atoms with Gasteiger partial charge in [-0.2, -0.15) is 0 Å². The average molecular weight is 388 g/mol. The summed E-state index contributed by atoms with van der Waals surface area (Å²) in [7, 11) is -3.37. The molecule has 142 valence electrons. The van der Waals surface area contributed by atoms with E-state index in [1.54, 1.807) is 49.4 Å². The van der Waals surface area contributed by atoms with Gasteiger partial charge in [-0.15, -0.1) is 0 Å². The molecule has 0 bridgehead atoms. The van der Waals surface area contributed by atoms with Gasteiger partial charge in [-0.25, -0.2) is 18.0 Å². The highest BCUT2D eigenvalue weighted by Crippen LogP contribution is 2.33. The van der Waals surface area contributed by atoms with E-state index in [0.29, 0.717) is 11.1 Å². The molecule has 0 fully saturated rings. The van der Waals surface area contributed by atoms with Gasteiger partial charge in [-0.3, -0.25) is 0 Å². The fourth-order valence-electron chi connectivity index (χ4n) is 2.71. The van der Waals surface area contributed by atoms with Gasteiger partial charge in [0.2, 0.25) is 0 Å². The van der Waals surface area contributed by atoms with Crippen molar-refractivity contribution in [2.24, 2.45) is 0 Å². The third kappa shape index (κ3) is 5.27. The molecular formula is C20H20O6S. The van der Waals surface area contributed by atoms with E-state index in [-0.39, 0.29) is 17.1 Å². The summed E-state index contributed by atoms with van der Waals surface area (Å²) in [6, 6.07) is 14.9. The fourth-order valence-corrected chi connectivity index (χ4v) is 3.34. The maximum absolute atomic E-state index is 12.4. The van der Waals surface area contributed by atoms with Crippen LogP contribution >= 0.6 is 0 Å². The third-order valence-electron chi connectivity index (χ3n) is 3.88. The summed E-state index contributed by atoms with van der Waals surface area (Å²) in [6.45, 7) is 1.74. The van der Waals surface area contributed by atoms with Gasteiger partial charge < -0.3 is 9.84 Å². The van der Waals surface area contributed by atoms with Crippen LogP contribution in [-0.4, -0.2) is 38.3 Å². The summed E-state index contributed by atoms with van der Waals surface area (Å²) in [5.74, 6) is -2.72. The summed E-state index contributed by atoms with van der Waals surface area (Å²) in [4.78, 5) is 23.9. The predicted octanol–water partition coefficient (Wildman–Crippen LogP) is 2.80. The molecule has 0 aromatic heterocycles. The Labute approximate surface area is 158 Å². The van der Waals surface area contributed by atoms with E-state index in [1.807, 2.05) is 0 Å². The molecule has 6 nitrogen and oxygen atoms in total. The Kier molecular flexibility index (Phi) is 6.52. The monoisotopic (exact) mass is 388 g/mol. The van der Waals surface area contributed by atoms with Crippen LogP contribution in [0.25, 0.3) is 0 Å². The molecule has 0 saturated heterocycles. The van der Waals surface area contributed by atoms with E-state index in [4.69, 9.17) is 4.74 Å². The van der Waals surface area contributed by atoms with Gasteiger partial charge in [0.1, 0.15) is 0 Å². The number of carbonyl (C=O) groups excluding carboxylic acids is 1. The summed E-state index contributed by atoms with van der Waals surface area (Å²) >= 11 is 0. The van der Waals surface area contributed by atoms with Crippen molar-refractivity contribution in [1.29, 1.82) is 0 Å². The zero-order valence-corrected chi connectivity index (χ0v) is 15.8. The average Bonchev–Trinajstić information content (AvgIpc) is 2.61. The molecule has 0 aliphatic rings. The number of hydrogen-bond acceptors (Lipinski definition) is 5. The first-order valence-corrected chi connectivity index (χ1v) is 10.1. The number of esters is 1. The largest absolute Gasteiger partial charge is 0.478 e. The zero-order chi connectivity index (χ0) is 20.0. The van der Waals surface area contributed by atoms with Crippen molar-refractivity contribution in [3.05, 3.63) is 77.4 Å². The molecule has 0 saturated carbocycles. The van der Waals surface area contributed by atoms with Gasteiger partial charge in [0.05, 0.1) is 17.1 Å². The second-order valence-electron chi connectivity index (χ2n) is 5.84. The highest BCUT2D eigenvalue weighted by Gasteiger charge is 2.27. The third-order valence-corrected chi connectivity index (χ3v) is 5.00. The second-order valence-corrected chi connectivity index (χ2v) is 7.86. The normalized spacial score (nSPS) is 13.0. The first kappa shape index (κ1) is 20.4. The molecule has 0 heterocycles. The lowest BCUT2D eigenvalue weighted by molar-refractivity contribution is -0.139. The van der Waals surface area contributed by atoms with Crippen LogP contribution in [0.3, 0.4) is 0 Å². The Morgan fingerprint density at radius 2 is 1.59 bits per heavy atom. The second kappa shape index (κ2) is 8.64. The Bertz CT molecular complexity index is 944. The molecule has 0 radical (unpaired) electrons. The quantitative estimate of drug-likeness (QED) is 0.579. The standard InChI is InChI=1S/C20H20O6S/c1-3-26-20(23)17(13-18(21)22)19(14-7-5-4-6-8-14)15-9-11-16(12-10-15)27(2,24)25/h4-13,19H,3H2,1-2H3,(H,21,22). The molecular weight excluding hydrogens is 368 g/mol. The molecule has 7 heteroatoms. The lowest BCUT2D eigenvalue weighted by atomic mass is 9.84. The Morgan fingerprint density at radius 1 is 1.04 bits per heavy atom. The maximum Gasteiger partial charge on any atom is 0.335 e. The van der Waals surface area contributed by atoms with Crippen molar-refractivity contribution in [3.63, 3.8) is 0 Å². The van der Waals surface area contributed by atoms with Gasteiger partial charge in [0.25, 0.3) is 0 Å². The first-order chi connectivity index (χ1) is 12.7. The number of rotatable bonds is 7. The zero-order valence-electron chi connectivity index (χ0n) is 15.0. The van der Waals surface area contributed by atoms with Crippen molar-refractivity contribution in [3.8, 4) is 0 Å². The number of sulfone groups is 1. The van der Waals surface area contributed by atoms with Gasteiger partial charge in [0, 0.05) is 18.2 Å². The Balaban J connectivity index is 2.64. The van der Waals surface area contributed by atoms with Crippen molar-refractivity contribution in [2.75, 3.05) is 12.9 Å². The lowest BCUT2D eigenvalue weighted by Gasteiger charge is -2.20. The number of carboxylic acid groups (broad SMARTS) is 1. The van der Waals surface area contributed by atoms with Crippen LogP contribution in [0.4, 0.5) is 0 Å². The SMILES string of the molecule is CCOC(=O)C(=CC(=O)O)C(c1ccccc1)c1ccc(S(C)(=O)=O)cc1. The van der Waals surface area contributed by atoms with Crippen LogP contribution in [0.15, 0.2) is 71.1 Å². The molecule has 1 atom stereocenters. The minimum absolute atomic E-state index is 0.0392. The summed E-state index contributed by atoms with van der Waals surface area (Å²) in [6.07, 6.45) is 1.94. The lowest BCUT2D eigenvalue weighted by Crippen LogP contribution is -2.17.